The van der Waals surface area contributed by atoms with Crippen molar-refractivity contribution in [2.24, 2.45) is 0 Å². The van der Waals surface area contributed by atoms with Crippen LogP contribution < -0.4 is 0 Å². The molecule has 0 nitrogen and oxygen atoms in total. The van der Waals surface area contributed by atoms with Gasteiger partial charge >= 0.3 is 147 Å². The van der Waals surface area contributed by atoms with Crippen LogP contribution in [0.3, 0.4) is 0 Å². The first-order valence-corrected chi connectivity index (χ1v) is 14.5. The van der Waals surface area contributed by atoms with Crippen LogP contribution in [-0.4, -0.2) is 25.7 Å². The van der Waals surface area contributed by atoms with Crippen molar-refractivity contribution in [1.82, 2.24) is 0 Å². The minimum absolute atomic E-state index is 1.30. The second kappa shape index (κ2) is 13.1. The average molecular weight is 351 g/mol. The molecule has 0 aliphatic rings. The van der Waals surface area contributed by atoms with E-state index in [1.807, 2.05) is 0 Å². The summed E-state index contributed by atoms with van der Waals surface area (Å²) in [6.07, 6.45) is 22.2. The van der Waals surface area contributed by atoms with E-state index in [0.717, 1.165) is 0 Å². The summed E-state index contributed by atoms with van der Waals surface area (Å²) in [4.78, 5) is 0. The molecular formula is C20H44ClP. The molecule has 0 spiro atoms. The minimum atomic E-state index is -1.85. The Morgan fingerprint density at radius 1 is 0.500 bits per heavy atom. The summed E-state index contributed by atoms with van der Waals surface area (Å²) in [6, 6.07) is 0. The fraction of sp³-hybridized carbons (Fsp3) is 1.00. The predicted molar refractivity (Wildman–Crippen MR) is 110 cm³/mol. The van der Waals surface area contributed by atoms with Gasteiger partial charge in [0, 0.05) is 0 Å². The fourth-order valence-corrected chi connectivity index (χ4v) is 6.56. The molecule has 0 aliphatic carbocycles. The first-order chi connectivity index (χ1) is 10.4. The molecule has 0 saturated heterocycles. The third-order valence-corrected chi connectivity index (χ3v) is 9.31. The van der Waals surface area contributed by atoms with Crippen LogP contribution in [0.1, 0.15) is 104 Å². The summed E-state index contributed by atoms with van der Waals surface area (Å²) >= 11 is 7.05. The van der Waals surface area contributed by atoms with Crippen molar-refractivity contribution in [2.75, 3.05) is 25.7 Å². The molecule has 136 valence electrons. The molecule has 0 heterocycles. The molecule has 0 unspecified atom stereocenters. The van der Waals surface area contributed by atoms with Crippen molar-refractivity contribution in [3.63, 3.8) is 0 Å². The van der Waals surface area contributed by atoms with Crippen molar-refractivity contribution < 1.29 is 0 Å². The van der Waals surface area contributed by atoms with Gasteiger partial charge in [-0.25, -0.2) is 0 Å². The van der Waals surface area contributed by atoms with E-state index in [1.54, 1.807) is 0 Å². The van der Waals surface area contributed by atoms with Gasteiger partial charge in [-0.15, -0.1) is 0 Å². The number of hydrogen-bond acceptors (Lipinski definition) is 0. The summed E-state index contributed by atoms with van der Waals surface area (Å²) in [7, 11) is 0. The topological polar surface area (TPSA) is 0 Å². The Balaban J connectivity index is 3.60. The SMILES string of the molecule is CCCCCCCCCP(C)(C)(Cl)CCCCCCCCC. The summed E-state index contributed by atoms with van der Waals surface area (Å²) < 4.78 is 0. The first-order valence-electron chi connectivity index (χ1n) is 10.1. The van der Waals surface area contributed by atoms with Crippen LogP contribution in [-0.2, 0) is 0 Å². The molecule has 0 fully saturated rings. The molecule has 0 aliphatic heterocycles. The van der Waals surface area contributed by atoms with Gasteiger partial charge in [0.25, 0.3) is 0 Å². The molecule has 0 rings (SSSR count). The van der Waals surface area contributed by atoms with Gasteiger partial charge in [-0.3, -0.25) is 0 Å². The number of halogens is 1. The molecule has 0 aromatic carbocycles. The van der Waals surface area contributed by atoms with E-state index >= 15 is 0 Å². The van der Waals surface area contributed by atoms with Crippen LogP contribution in [0.2, 0.25) is 0 Å². The Kier molecular flexibility index (Phi) is 13.5. The van der Waals surface area contributed by atoms with Gasteiger partial charge in [-0.05, 0) is 0 Å². The number of hydrogen-bond donors (Lipinski definition) is 0. The molecule has 0 aromatic heterocycles. The third-order valence-electron chi connectivity index (χ3n) is 4.90. The van der Waals surface area contributed by atoms with E-state index in [1.165, 1.54) is 102 Å². The molecule has 0 amide bonds. The maximum absolute atomic E-state index is 7.05. The maximum atomic E-state index is 7.05. The standard InChI is InChI=1S/C20H44ClP/c1-5-7-9-11-13-15-17-19-22(3,4,21)20-18-16-14-12-10-8-6-2/h5-20H2,1-4H3. The Morgan fingerprint density at radius 3 is 1.09 bits per heavy atom. The van der Waals surface area contributed by atoms with Crippen LogP contribution in [0.4, 0.5) is 0 Å². The van der Waals surface area contributed by atoms with Gasteiger partial charge in [0.1, 0.15) is 0 Å². The number of rotatable bonds is 16. The molecule has 0 atom stereocenters. The molecule has 0 N–H and O–H groups in total. The van der Waals surface area contributed by atoms with Gasteiger partial charge in [0.2, 0.25) is 0 Å². The van der Waals surface area contributed by atoms with Crippen LogP contribution in [0, 0.1) is 0 Å². The Hall–Kier alpha value is 0.720. The zero-order chi connectivity index (χ0) is 16.8. The summed E-state index contributed by atoms with van der Waals surface area (Å²) in [5, 5.41) is 0. The zero-order valence-electron chi connectivity index (χ0n) is 16.1. The summed E-state index contributed by atoms with van der Waals surface area (Å²) in [6.45, 7) is 9.38. The van der Waals surface area contributed by atoms with Gasteiger partial charge in [0.15, 0.2) is 0 Å². The average Bonchev–Trinajstić information content (AvgIpc) is 2.45. The van der Waals surface area contributed by atoms with Crippen molar-refractivity contribution in [3.05, 3.63) is 0 Å². The molecular weight excluding hydrogens is 307 g/mol. The zero-order valence-corrected chi connectivity index (χ0v) is 17.8. The second-order valence-corrected chi connectivity index (χ2v) is 17.6. The van der Waals surface area contributed by atoms with E-state index in [-0.39, 0.29) is 0 Å². The van der Waals surface area contributed by atoms with Crippen LogP contribution in [0.15, 0.2) is 0 Å². The monoisotopic (exact) mass is 350 g/mol. The molecule has 0 bridgehead atoms. The first kappa shape index (κ1) is 22.7. The second-order valence-electron chi connectivity index (χ2n) is 8.20. The fourth-order valence-electron chi connectivity index (χ4n) is 3.23. The van der Waals surface area contributed by atoms with Crippen molar-refractivity contribution in [1.29, 1.82) is 0 Å². The summed E-state index contributed by atoms with van der Waals surface area (Å²) in [5.74, 6) is -1.85. The van der Waals surface area contributed by atoms with Crippen molar-refractivity contribution in [2.45, 2.75) is 104 Å². The Bertz CT molecular complexity index is 220. The molecule has 0 saturated carbocycles. The third kappa shape index (κ3) is 15.6. The van der Waals surface area contributed by atoms with E-state index in [4.69, 9.17) is 11.2 Å². The van der Waals surface area contributed by atoms with E-state index in [2.05, 4.69) is 27.2 Å². The number of unbranched alkanes of at least 4 members (excludes halogenated alkanes) is 12. The van der Waals surface area contributed by atoms with E-state index < -0.39 is 5.96 Å². The van der Waals surface area contributed by atoms with Crippen molar-refractivity contribution in [3.8, 4) is 0 Å². The molecule has 0 radical (unpaired) electrons. The Morgan fingerprint density at radius 2 is 0.773 bits per heavy atom. The van der Waals surface area contributed by atoms with Gasteiger partial charge in [0.05, 0.1) is 0 Å². The molecule has 22 heavy (non-hydrogen) atoms. The quantitative estimate of drug-likeness (QED) is 0.193. The van der Waals surface area contributed by atoms with Crippen molar-refractivity contribution >= 4 is 17.2 Å². The normalized spacial score (nSPS) is 14.0. The van der Waals surface area contributed by atoms with Gasteiger partial charge in [-0.1, -0.05) is 0 Å². The van der Waals surface area contributed by atoms with Gasteiger partial charge < -0.3 is 0 Å². The Labute approximate surface area is 146 Å². The van der Waals surface area contributed by atoms with E-state index in [0.29, 0.717) is 0 Å². The van der Waals surface area contributed by atoms with Gasteiger partial charge in [-0.2, -0.15) is 0 Å². The van der Waals surface area contributed by atoms with E-state index in [9.17, 15) is 0 Å². The molecule has 0 aromatic rings. The predicted octanol–water partition coefficient (Wildman–Crippen LogP) is 8.45. The van der Waals surface area contributed by atoms with Crippen LogP contribution in [0.5, 0.6) is 0 Å². The van der Waals surface area contributed by atoms with Crippen LogP contribution >= 0.6 is 17.2 Å². The van der Waals surface area contributed by atoms with Crippen LogP contribution in [0.25, 0.3) is 0 Å². The molecule has 2 heteroatoms. The summed E-state index contributed by atoms with van der Waals surface area (Å²) in [5.41, 5.74) is 0.